The van der Waals surface area contributed by atoms with Gasteiger partial charge in [-0.15, -0.1) is 0 Å². The Kier molecular flexibility index (Phi) is 22.9. The molecule has 2 nitrogen and oxygen atoms in total. The Morgan fingerprint density at radius 3 is 1.00 bits per heavy atom. The van der Waals surface area contributed by atoms with Gasteiger partial charge < -0.3 is 26.8 Å². The summed E-state index contributed by atoms with van der Waals surface area (Å²) in [6.45, 7) is 9.46. The maximum absolute atomic E-state index is 2.56. The van der Waals surface area contributed by atoms with Gasteiger partial charge in [0.25, 0.3) is 0 Å². The average molecular weight is 501 g/mol. The third-order valence-electron chi connectivity index (χ3n) is 6.95. The SMILES string of the molecule is CCCCCCCCCCCCN1C=CN(CCCCCCCCCCCC)C1C.[Br-]. The van der Waals surface area contributed by atoms with Gasteiger partial charge in [0.05, 0.1) is 6.17 Å². The summed E-state index contributed by atoms with van der Waals surface area (Å²) < 4.78 is 0. The van der Waals surface area contributed by atoms with Crippen LogP contribution >= 0.6 is 0 Å². The molecule has 0 saturated carbocycles. The highest BCUT2D eigenvalue weighted by molar-refractivity contribution is 4.95. The van der Waals surface area contributed by atoms with Gasteiger partial charge in [0.1, 0.15) is 0 Å². The zero-order chi connectivity index (χ0) is 21.7. The minimum Gasteiger partial charge on any atom is -1.00 e. The van der Waals surface area contributed by atoms with Gasteiger partial charge in [-0.2, -0.15) is 0 Å². The molecule has 0 radical (unpaired) electrons. The van der Waals surface area contributed by atoms with Gasteiger partial charge in [-0.1, -0.05) is 129 Å². The monoisotopic (exact) mass is 499 g/mol. The van der Waals surface area contributed by atoms with E-state index in [9.17, 15) is 0 Å². The van der Waals surface area contributed by atoms with Crippen molar-refractivity contribution in [3.8, 4) is 0 Å². The van der Waals surface area contributed by atoms with Crippen LogP contribution in [0.15, 0.2) is 12.4 Å². The number of hydrogen-bond acceptors (Lipinski definition) is 2. The van der Waals surface area contributed by atoms with E-state index in [-0.39, 0.29) is 17.0 Å². The number of rotatable bonds is 22. The van der Waals surface area contributed by atoms with Crippen molar-refractivity contribution >= 4 is 0 Å². The minimum atomic E-state index is 0. The number of hydrogen-bond donors (Lipinski definition) is 0. The number of unbranched alkanes of at least 4 members (excludes halogenated alkanes) is 18. The van der Waals surface area contributed by atoms with Crippen molar-refractivity contribution in [2.75, 3.05) is 13.1 Å². The first-order chi connectivity index (χ1) is 14.8. The fourth-order valence-corrected chi connectivity index (χ4v) is 4.70. The summed E-state index contributed by atoms with van der Waals surface area (Å²) in [4.78, 5) is 5.11. The lowest BCUT2D eigenvalue weighted by atomic mass is 10.1. The van der Waals surface area contributed by atoms with Crippen LogP contribution < -0.4 is 17.0 Å². The maximum atomic E-state index is 2.56. The predicted molar refractivity (Wildman–Crippen MR) is 136 cm³/mol. The van der Waals surface area contributed by atoms with Crippen molar-refractivity contribution in [2.24, 2.45) is 0 Å². The van der Waals surface area contributed by atoms with Gasteiger partial charge in [0, 0.05) is 25.5 Å². The fourth-order valence-electron chi connectivity index (χ4n) is 4.70. The van der Waals surface area contributed by atoms with E-state index < -0.39 is 0 Å². The Labute approximate surface area is 207 Å². The van der Waals surface area contributed by atoms with Crippen LogP contribution in [0.5, 0.6) is 0 Å². The average Bonchev–Trinajstić information content (AvgIpc) is 3.10. The summed E-state index contributed by atoms with van der Waals surface area (Å²) >= 11 is 0. The molecule has 0 saturated heterocycles. The molecule has 186 valence electrons. The molecule has 3 heteroatoms. The topological polar surface area (TPSA) is 6.48 Å². The molecule has 1 rings (SSSR count). The van der Waals surface area contributed by atoms with Gasteiger partial charge in [0.2, 0.25) is 0 Å². The molecule has 1 heterocycles. The molecule has 0 aromatic rings. The van der Waals surface area contributed by atoms with Gasteiger partial charge >= 0.3 is 0 Å². The Balaban J connectivity index is 0.00000900. The van der Waals surface area contributed by atoms with E-state index in [1.807, 2.05) is 0 Å². The first-order valence-electron chi connectivity index (χ1n) is 14.0. The molecule has 1 aliphatic heterocycles. The number of halogens is 1. The Morgan fingerprint density at radius 2 is 0.710 bits per heavy atom. The summed E-state index contributed by atoms with van der Waals surface area (Å²) in [5.74, 6) is 0. The van der Waals surface area contributed by atoms with E-state index in [2.05, 4.69) is 43.0 Å². The molecule has 1 aliphatic rings. The van der Waals surface area contributed by atoms with Crippen molar-refractivity contribution in [3.63, 3.8) is 0 Å². The van der Waals surface area contributed by atoms with Crippen LogP contribution in [0.4, 0.5) is 0 Å². The number of nitrogens with zero attached hydrogens (tertiary/aromatic N) is 2. The van der Waals surface area contributed by atoms with Crippen molar-refractivity contribution in [1.29, 1.82) is 0 Å². The van der Waals surface area contributed by atoms with Crippen molar-refractivity contribution in [1.82, 2.24) is 9.80 Å². The Hall–Kier alpha value is -0.180. The summed E-state index contributed by atoms with van der Waals surface area (Å²) in [5.41, 5.74) is 0. The van der Waals surface area contributed by atoms with Crippen molar-refractivity contribution < 1.29 is 17.0 Å². The second-order valence-electron chi connectivity index (χ2n) is 9.77. The zero-order valence-electron chi connectivity index (χ0n) is 21.6. The quantitative estimate of drug-likeness (QED) is 0.162. The highest BCUT2D eigenvalue weighted by Gasteiger charge is 2.20. The second kappa shape index (κ2) is 23.0. The molecule has 0 atom stereocenters. The van der Waals surface area contributed by atoms with Gasteiger partial charge in [-0.05, 0) is 19.8 Å². The van der Waals surface area contributed by atoms with E-state index in [1.54, 1.807) is 0 Å². The molecular weight excluding hydrogens is 444 g/mol. The van der Waals surface area contributed by atoms with Crippen LogP contribution in [0.3, 0.4) is 0 Å². The standard InChI is InChI=1S/C28H56N2.BrH/c1-4-6-8-10-12-14-16-18-20-22-24-29-26-27-30(28(29)3)25-23-21-19-17-15-13-11-9-7-5-2;/h26-28H,4-25H2,1-3H3;1H/p-1. The van der Waals surface area contributed by atoms with Crippen LogP contribution in [-0.4, -0.2) is 29.1 Å². The van der Waals surface area contributed by atoms with Gasteiger partial charge in [-0.3, -0.25) is 0 Å². The van der Waals surface area contributed by atoms with Crippen LogP contribution in [0.2, 0.25) is 0 Å². The highest BCUT2D eigenvalue weighted by atomic mass is 79.9. The molecule has 31 heavy (non-hydrogen) atoms. The van der Waals surface area contributed by atoms with Gasteiger partial charge in [0.15, 0.2) is 0 Å². The molecule has 0 amide bonds. The molecule has 0 aromatic heterocycles. The van der Waals surface area contributed by atoms with Crippen LogP contribution in [0.1, 0.15) is 149 Å². The predicted octanol–water partition coefficient (Wildman–Crippen LogP) is 6.27. The molecule has 0 unspecified atom stereocenters. The van der Waals surface area contributed by atoms with E-state index in [1.165, 1.54) is 142 Å². The van der Waals surface area contributed by atoms with Crippen LogP contribution in [-0.2, 0) is 0 Å². The van der Waals surface area contributed by atoms with Crippen LogP contribution in [0.25, 0.3) is 0 Å². The first-order valence-corrected chi connectivity index (χ1v) is 14.0. The summed E-state index contributed by atoms with van der Waals surface area (Å²) in [6.07, 6.45) is 33.8. The summed E-state index contributed by atoms with van der Waals surface area (Å²) in [7, 11) is 0. The minimum absolute atomic E-state index is 0. The van der Waals surface area contributed by atoms with Gasteiger partial charge in [-0.25, -0.2) is 0 Å². The van der Waals surface area contributed by atoms with Crippen molar-refractivity contribution in [3.05, 3.63) is 12.4 Å². The molecule has 0 spiro atoms. The third-order valence-corrected chi connectivity index (χ3v) is 6.95. The maximum Gasteiger partial charge on any atom is 0.0977 e. The Bertz CT molecular complexity index is 351. The summed E-state index contributed by atoms with van der Waals surface area (Å²) in [5, 5.41) is 0. The third kappa shape index (κ3) is 17.0. The van der Waals surface area contributed by atoms with E-state index in [4.69, 9.17) is 0 Å². The van der Waals surface area contributed by atoms with E-state index in [0.29, 0.717) is 6.17 Å². The fraction of sp³-hybridized carbons (Fsp3) is 0.929. The highest BCUT2D eigenvalue weighted by Crippen LogP contribution is 2.19. The van der Waals surface area contributed by atoms with E-state index >= 15 is 0 Å². The molecule has 0 N–H and O–H groups in total. The lowest BCUT2D eigenvalue weighted by Gasteiger charge is -2.30. The van der Waals surface area contributed by atoms with Crippen LogP contribution in [0, 0.1) is 0 Å². The molecule has 0 aromatic carbocycles. The molecule has 0 fully saturated rings. The normalized spacial score (nSPS) is 13.9. The van der Waals surface area contributed by atoms with E-state index in [0.717, 1.165) is 0 Å². The Morgan fingerprint density at radius 1 is 0.452 bits per heavy atom. The molecular formula is C28H56BrN2-. The lowest BCUT2D eigenvalue weighted by molar-refractivity contribution is -0.00000685. The molecule has 0 aliphatic carbocycles. The van der Waals surface area contributed by atoms with Crippen molar-refractivity contribution in [2.45, 2.75) is 155 Å². The molecule has 0 bridgehead atoms. The summed E-state index contributed by atoms with van der Waals surface area (Å²) in [6, 6.07) is 0. The smallest absolute Gasteiger partial charge is 0.0977 e. The zero-order valence-corrected chi connectivity index (χ0v) is 23.1. The second-order valence-corrected chi connectivity index (χ2v) is 9.77. The lowest BCUT2D eigenvalue weighted by Crippen LogP contribution is -3.00. The first kappa shape index (κ1) is 30.8. The largest absolute Gasteiger partial charge is 1.00 e.